The molecule has 0 N–H and O–H groups in total. The van der Waals surface area contributed by atoms with E-state index in [-0.39, 0.29) is 48.7 Å². The molecule has 0 atom stereocenters. The standard InChI is InChI=1S/C16H12F5N5O2.C15H9ClF5N5O.2CH4/c1-27-16(20,21)14-25-24-12-6-22-11(7-26(12)14)8-2-10(17)13(23-5-8)28-9-3-15(18,19)4-9;16-15(20,21)13-25-24-11-5-22-10(6-26(11)13)7-1-9(17)12(23-4-7)27-8-2-14(18,19)3-8;;/h2,5-7,9H,3-4H2,1H3;1,4-6,8H,2-3H2;2*1H4. The van der Waals surface area contributed by atoms with E-state index in [4.69, 9.17) is 21.1 Å². The Hall–Kier alpha value is -5.45. The summed E-state index contributed by atoms with van der Waals surface area (Å²) in [5, 5.41) is 10.1. The second kappa shape index (κ2) is 15.5. The number of alkyl halides is 9. The predicted molar refractivity (Wildman–Crippen MR) is 179 cm³/mol. The second-order valence-electron chi connectivity index (χ2n) is 12.3. The Morgan fingerprint density at radius 1 is 0.649 bits per heavy atom. The fourth-order valence-corrected chi connectivity index (χ4v) is 5.51. The summed E-state index contributed by atoms with van der Waals surface area (Å²) in [4.78, 5) is 15.6. The van der Waals surface area contributed by atoms with Crippen molar-refractivity contribution in [3.05, 3.63) is 72.6 Å². The molecular formula is C33H29ClF10N10O3. The molecule has 8 rings (SSSR count). The molecule has 2 aliphatic rings. The van der Waals surface area contributed by atoms with Crippen LogP contribution in [0, 0.1) is 11.6 Å². The summed E-state index contributed by atoms with van der Waals surface area (Å²) in [6.07, 6.45) is -0.265. The van der Waals surface area contributed by atoms with E-state index in [2.05, 4.69) is 45.1 Å². The van der Waals surface area contributed by atoms with E-state index in [1.807, 2.05) is 0 Å². The lowest BCUT2D eigenvalue weighted by Gasteiger charge is -2.34. The topological polar surface area (TPSA) is 140 Å². The average Bonchev–Trinajstić information content (AvgIpc) is 3.73. The second-order valence-corrected chi connectivity index (χ2v) is 12.8. The number of methoxy groups -OCH3 is 1. The smallest absolute Gasteiger partial charge is 0.417 e. The molecule has 0 spiro atoms. The van der Waals surface area contributed by atoms with Crippen molar-refractivity contribution < 1.29 is 58.1 Å². The van der Waals surface area contributed by atoms with Crippen LogP contribution in [0.15, 0.2) is 49.3 Å². The molecular weight excluding hydrogens is 810 g/mol. The van der Waals surface area contributed by atoms with Crippen molar-refractivity contribution in [2.45, 2.75) is 76.1 Å². The number of pyridine rings is 2. The maximum atomic E-state index is 14.3. The van der Waals surface area contributed by atoms with Crippen molar-refractivity contribution >= 4 is 22.9 Å². The first kappa shape index (κ1) is 42.7. The molecule has 2 fully saturated rings. The van der Waals surface area contributed by atoms with E-state index in [1.165, 1.54) is 24.8 Å². The van der Waals surface area contributed by atoms with Crippen LogP contribution in [0.1, 0.15) is 52.2 Å². The zero-order valence-electron chi connectivity index (χ0n) is 27.5. The van der Waals surface area contributed by atoms with Gasteiger partial charge in [0.2, 0.25) is 11.6 Å². The van der Waals surface area contributed by atoms with Crippen molar-refractivity contribution in [3.63, 3.8) is 0 Å². The molecule has 6 heterocycles. The van der Waals surface area contributed by atoms with Crippen LogP contribution in [0.25, 0.3) is 33.8 Å². The van der Waals surface area contributed by atoms with Gasteiger partial charge in [0.1, 0.15) is 12.2 Å². The Morgan fingerprint density at radius 2 is 1.05 bits per heavy atom. The zero-order chi connectivity index (χ0) is 39.5. The number of halogens is 11. The van der Waals surface area contributed by atoms with E-state index in [9.17, 15) is 43.9 Å². The number of hydrogen-bond donors (Lipinski definition) is 0. The molecule has 2 saturated carbocycles. The number of fused-ring (bicyclic) bond motifs is 2. The van der Waals surface area contributed by atoms with E-state index < -0.39 is 96.3 Å². The van der Waals surface area contributed by atoms with Crippen LogP contribution < -0.4 is 9.47 Å². The van der Waals surface area contributed by atoms with Crippen LogP contribution in [-0.4, -0.2) is 80.3 Å². The van der Waals surface area contributed by atoms with Gasteiger partial charge in [0.15, 0.2) is 22.9 Å². The van der Waals surface area contributed by atoms with Crippen LogP contribution >= 0.6 is 11.6 Å². The minimum absolute atomic E-state index is 0. The first-order valence-corrected chi connectivity index (χ1v) is 16.0. The van der Waals surface area contributed by atoms with Gasteiger partial charge < -0.3 is 14.2 Å². The molecule has 0 aliphatic heterocycles. The Balaban J connectivity index is 0.000000210. The minimum atomic E-state index is -3.76. The van der Waals surface area contributed by atoms with E-state index in [1.54, 1.807) is 0 Å². The van der Waals surface area contributed by atoms with Gasteiger partial charge in [-0.3, -0.25) is 18.8 Å². The molecule has 0 aromatic carbocycles. The van der Waals surface area contributed by atoms with Gasteiger partial charge in [-0.15, -0.1) is 20.4 Å². The summed E-state index contributed by atoms with van der Waals surface area (Å²) in [5.74, 6) is -9.81. The van der Waals surface area contributed by atoms with Crippen molar-refractivity contribution in [2.24, 2.45) is 0 Å². The van der Waals surface area contributed by atoms with Gasteiger partial charge in [-0.25, -0.2) is 36.3 Å². The average molecular weight is 839 g/mol. The van der Waals surface area contributed by atoms with Crippen molar-refractivity contribution in [3.8, 4) is 34.3 Å². The van der Waals surface area contributed by atoms with Crippen LogP contribution in [-0.2, 0) is 16.2 Å². The molecule has 6 aromatic heterocycles. The highest BCUT2D eigenvalue weighted by molar-refractivity contribution is 6.21. The molecule has 2 aliphatic carbocycles. The monoisotopic (exact) mass is 838 g/mol. The minimum Gasteiger partial charge on any atom is -0.472 e. The van der Waals surface area contributed by atoms with Gasteiger partial charge in [-0.1, -0.05) is 14.9 Å². The fourth-order valence-electron chi connectivity index (χ4n) is 5.38. The van der Waals surface area contributed by atoms with Crippen molar-refractivity contribution in [1.82, 2.24) is 49.1 Å². The normalized spacial score (nSPS) is 16.4. The summed E-state index contributed by atoms with van der Waals surface area (Å²) in [7, 11) is 0.819. The Morgan fingerprint density at radius 3 is 1.42 bits per heavy atom. The molecule has 57 heavy (non-hydrogen) atoms. The van der Waals surface area contributed by atoms with Crippen LogP contribution in [0.5, 0.6) is 11.8 Å². The van der Waals surface area contributed by atoms with Gasteiger partial charge in [0.25, 0.3) is 23.6 Å². The fraction of sp³-hybridized carbons (Fsp3) is 0.394. The van der Waals surface area contributed by atoms with E-state index >= 15 is 0 Å². The third-order valence-corrected chi connectivity index (χ3v) is 8.39. The lowest BCUT2D eigenvalue weighted by atomic mass is 9.91. The molecule has 0 amide bonds. The lowest BCUT2D eigenvalue weighted by Crippen LogP contribution is -2.43. The Labute approximate surface area is 320 Å². The molecule has 6 aromatic rings. The summed E-state index contributed by atoms with van der Waals surface area (Å²) in [5.41, 5.74) is 0.568. The molecule has 0 saturated heterocycles. The summed E-state index contributed by atoms with van der Waals surface area (Å²) in [6.45, 7) is 0. The van der Waals surface area contributed by atoms with Gasteiger partial charge >= 0.3 is 11.5 Å². The maximum Gasteiger partial charge on any atom is 0.417 e. The number of nitrogens with zero attached hydrogens (tertiary/aromatic N) is 10. The molecule has 0 bridgehead atoms. The Bertz CT molecular complexity index is 2380. The van der Waals surface area contributed by atoms with E-state index in [0.29, 0.717) is 0 Å². The maximum absolute atomic E-state index is 14.3. The number of rotatable bonds is 9. The zero-order valence-corrected chi connectivity index (χ0v) is 28.2. The SMILES string of the molecule is C.C.COC(F)(F)c1nnc2cnc(-c3cnc(OC4CC(F)(F)C4)c(F)c3)cn12.Fc1cc(-c2cn3c(C(F)(F)Cl)nnc3cn2)cnc1OC1CC(F)(F)C1. The Kier molecular flexibility index (Phi) is 11.6. The molecule has 0 radical (unpaired) electrons. The quantitative estimate of drug-likeness (QED) is 0.103. The molecule has 13 nitrogen and oxygen atoms in total. The van der Waals surface area contributed by atoms with Gasteiger partial charge in [0.05, 0.1) is 23.8 Å². The van der Waals surface area contributed by atoms with Gasteiger partial charge in [-0.05, 0) is 23.7 Å². The van der Waals surface area contributed by atoms with Gasteiger partial charge in [-0.2, -0.15) is 17.6 Å². The third kappa shape index (κ3) is 8.92. The molecule has 0 unspecified atom stereocenters. The predicted octanol–water partition coefficient (Wildman–Crippen LogP) is 8.26. The number of hydrogen-bond acceptors (Lipinski definition) is 11. The van der Waals surface area contributed by atoms with Crippen LogP contribution in [0.4, 0.5) is 43.9 Å². The van der Waals surface area contributed by atoms with Gasteiger partial charge in [0, 0.05) is 68.7 Å². The lowest BCUT2D eigenvalue weighted by molar-refractivity contribution is -0.237. The largest absolute Gasteiger partial charge is 0.472 e. The first-order chi connectivity index (χ1) is 25.8. The van der Waals surface area contributed by atoms with Crippen molar-refractivity contribution in [1.29, 1.82) is 0 Å². The van der Waals surface area contributed by atoms with Crippen molar-refractivity contribution in [2.75, 3.05) is 7.11 Å². The summed E-state index contributed by atoms with van der Waals surface area (Å²) in [6, 6.07) is 2.03. The summed E-state index contributed by atoms with van der Waals surface area (Å²) < 4.78 is 150. The summed E-state index contributed by atoms with van der Waals surface area (Å²) >= 11 is 4.99. The number of aromatic nitrogens is 10. The molecule has 24 heteroatoms. The number of ether oxygens (including phenoxy) is 3. The van der Waals surface area contributed by atoms with Crippen LogP contribution in [0.3, 0.4) is 0 Å². The van der Waals surface area contributed by atoms with E-state index in [0.717, 1.165) is 40.4 Å². The first-order valence-electron chi connectivity index (χ1n) is 15.6. The molecule has 306 valence electrons. The highest BCUT2D eigenvalue weighted by Crippen LogP contribution is 2.41. The third-order valence-electron chi connectivity index (χ3n) is 8.22. The highest BCUT2D eigenvalue weighted by Gasteiger charge is 2.48. The van der Waals surface area contributed by atoms with Crippen LogP contribution in [0.2, 0.25) is 0 Å². The highest BCUT2D eigenvalue weighted by atomic mass is 35.5.